The van der Waals surface area contributed by atoms with Gasteiger partial charge in [-0.3, -0.25) is 9.59 Å². The van der Waals surface area contributed by atoms with E-state index in [4.69, 9.17) is 5.11 Å². The highest BCUT2D eigenvalue weighted by Crippen LogP contribution is 2.38. The number of rotatable bonds is 6. The third-order valence-electron chi connectivity index (χ3n) is 3.02. The first-order valence-corrected chi connectivity index (χ1v) is 7.16. The van der Waals surface area contributed by atoms with E-state index >= 15 is 0 Å². The predicted molar refractivity (Wildman–Crippen MR) is 72.6 cm³/mol. The van der Waals surface area contributed by atoms with E-state index in [0.717, 1.165) is 11.3 Å². The van der Waals surface area contributed by atoms with Crippen LogP contribution in [-0.4, -0.2) is 35.1 Å². The van der Waals surface area contributed by atoms with Crippen LogP contribution >= 0.6 is 11.3 Å². The van der Waals surface area contributed by atoms with Crippen molar-refractivity contribution < 1.29 is 14.7 Å². The van der Waals surface area contributed by atoms with Crippen molar-refractivity contribution in [2.24, 2.45) is 0 Å². The lowest BCUT2D eigenvalue weighted by Crippen LogP contribution is -2.24. The van der Waals surface area contributed by atoms with Crippen LogP contribution in [0.3, 0.4) is 0 Å². The molecule has 1 heterocycles. The van der Waals surface area contributed by atoms with Gasteiger partial charge in [-0.25, -0.2) is 4.98 Å². The lowest BCUT2D eigenvalue weighted by atomic mass is 10.1. The van der Waals surface area contributed by atoms with Crippen molar-refractivity contribution in [3.63, 3.8) is 0 Å². The van der Waals surface area contributed by atoms with E-state index in [1.54, 1.807) is 0 Å². The van der Waals surface area contributed by atoms with Crippen molar-refractivity contribution in [3.8, 4) is 0 Å². The number of anilines is 1. The largest absolute Gasteiger partial charge is 0.481 e. The van der Waals surface area contributed by atoms with E-state index in [-0.39, 0.29) is 5.91 Å². The molecule has 7 heteroatoms. The van der Waals surface area contributed by atoms with Crippen LogP contribution in [0.25, 0.3) is 0 Å². The van der Waals surface area contributed by atoms with Crippen LogP contribution in [-0.2, 0) is 16.0 Å². The maximum absolute atomic E-state index is 11.3. The second kappa shape index (κ2) is 6.01. The van der Waals surface area contributed by atoms with Gasteiger partial charge in [-0.2, -0.15) is 0 Å². The first-order chi connectivity index (χ1) is 9.11. The standard InChI is InChI=1S/C12H17N3O3S/c1-2-13-9(16)5-6-14-12-15-10-7(11(17)18)3-4-8(10)19-12/h7H,2-6H2,1H3,(H,13,16)(H,14,15)(H,17,18). The molecule has 104 valence electrons. The highest BCUT2D eigenvalue weighted by Gasteiger charge is 2.32. The number of amides is 1. The van der Waals surface area contributed by atoms with Crippen molar-refractivity contribution in [2.45, 2.75) is 32.1 Å². The molecule has 1 aromatic heterocycles. The Balaban J connectivity index is 1.88. The number of aryl methyl sites for hydroxylation is 1. The van der Waals surface area contributed by atoms with E-state index in [9.17, 15) is 9.59 Å². The van der Waals surface area contributed by atoms with Crippen molar-refractivity contribution in [1.82, 2.24) is 10.3 Å². The molecule has 6 nitrogen and oxygen atoms in total. The third-order valence-corrected chi connectivity index (χ3v) is 4.11. The maximum atomic E-state index is 11.3. The van der Waals surface area contributed by atoms with Crippen LogP contribution in [0.2, 0.25) is 0 Å². The van der Waals surface area contributed by atoms with Crippen LogP contribution in [0, 0.1) is 0 Å². The Hall–Kier alpha value is -1.63. The summed E-state index contributed by atoms with van der Waals surface area (Å²) in [6.07, 6.45) is 1.81. The summed E-state index contributed by atoms with van der Waals surface area (Å²) in [5.74, 6) is -1.27. The molecular formula is C12H17N3O3S. The Morgan fingerprint density at radius 2 is 2.32 bits per heavy atom. The highest BCUT2D eigenvalue weighted by atomic mass is 32.1. The number of carbonyl (C=O) groups excluding carboxylic acids is 1. The molecule has 0 aromatic carbocycles. The smallest absolute Gasteiger partial charge is 0.312 e. The minimum Gasteiger partial charge on any atom is -0.481 e. The van der Waals surface area contributed by atoms with Crippen LogP contribution < -0.4 is 10.6 Å². The molecule has 3 N–H and O–H groups in total. The zero-order chi connectivity index (χ0) is 13.8. The van der Waals surface area contributed by atoms with Crippen LogP contribution in [0.1, 0.15) is 36.3 Å². The Morgan fingerprint density at radius 3 is 3.00 bits per heavy atom. The van der Waals surface area contributed by atoms with E-state index in [1.165, 1.54) is 11.3 Å². The van der Waals surface area contributed by atoms with Gasteiger partial charge in [-0.05, 0) is 19.8 Å². The van der Waals surface area contributed by atoms with Gasteiger partial charge in [0.1, 0.15) is 5.92 Å². The summed E-state index contributed by atoms with van der Waals surface area (Å²) in [7, 11) is 0. The van der Waals surface area contributed by atoms with Crippen molar-refractivity contribution in [1.29, 1.82) is 0 Å². The molecule has 2 rings (SSSR count). The quantitative estimate of drug-likeness (QED) is 0.729. The molecule has 0 saturated heterocycles. The third kappa shape index (κ3) is 3.23. The lowest BCUT2D eigenvalue weighted by Gasteiger charge is -2.04. The van der Waals surface area contributed by atoms with Gasteiger partial charge in [0.15, 0.2) is 5.13 Å². The number of hydrogen-bond donors (Lipinski definition) is 3. The van der Waals surface area contributed by atoms with E-state index in [2.05, 4.69) is 15.6 Å². The molecule has 0 fully saturated rings. The van der Waals surface area contributed by atoms with Gasteiger partial charge in [0.05, 0.1) is 5.69 Å². The Kier molecular flexibility index (Phi) is 4.36. The van der Waals surface area contributed by atoms with Gasteiger partial charge in [0.2, 0.25) is 5.91 Å². The minimum absolute atomic E-state index is 0.00232. The average molecular weight is 283 g/mol. The fraction of sp³-hybridized carbons (Fsp3) is 0.583. The Labute approximate surface area is 115 Å². The monoisotopic (exact) mass is 283 g/mol. The highest BCUT2D eigenvalue weighted by molar-refractivity contribution is 7.15. The number of carboxylic acid groups (broad SMARTS) is 1. The van der Waals surface area contributed by atoms with Crippen LogP contribution in [0.4, 0.5) is 5.13 Å². The van der Waals surface area contributed by atoms with Gasteiger partial charge < -0.3 is 15.7 Å². The molecule has 1 aliphatic rings. The number of carbonyl (C=O) groups is 2. The summed E-state index contributed by atoms with van der Waals surface area (Å²) in [5, 5.41) is 15.6. The summed E-state index contributed by atoms with van der Waals surface area (Å²) in [4.78, 5) is 27.7. The van der Waals surface area contributed by atoms with Gasteiger partial charge in [0.25, 0.3) is 0 Å². The molecular weight excluding hydrogens is 266 g/mol. The number of hydrogen-bond acceptors (Lipinski definition) is 5. The van der Waals surface area contributed by atoms with Crippen LogP contribution in [0.15, 0.2) is 0 Å². The molecule has 0 saturated carbocycles. The molecule has 1 atom stereocenters. The molecule has 0 aliphatic heterocycles. The summed E-state index contributed by atoms with van der Waals surface area (Å²) in [6, 6.07) is 0. The summed E-state index contributed by atoms with van der Waals surface area (Å²) in [6.45, 7) is 3.02. The van der Waals surface area contributed by atoms with Gasteiger partial charge >= 0.3 is 5.97 Å². The normalized spacial score (nSPS) is 17.0. The maximum Gasteiger partial charge on any atom is 0.312 e. The van der Waals surface area contributed by atoms with Crippen molar-refractivity contribution in [2.75, 3.05) is 18.4 Å². The van der Waals surface area contributed by atoms with E-state index < -0.39 is 11.9 Å². The molecule has 1 unspecified atom stereocenters. The topological polar surface area (TPSA) is 91.3 Å². The SMILES string of the molecule is CCNC(=O)CCNc1nc2c(s1)CCC2C(=O)O. The van der Waals surface area contributed by atoms with E-state index in [0.29, 0.717) is 36.8 Å². The zero-order valence-corrected chi connectivity index (χ0v) is 11.5. The Morgan fingerprint density at radius 1 is 1.53 bits per heavy atom. The molecule has 0 spiro atoms. The predicted octanol–water partition coefficient (Wildman–Crippen LogP) is 1.20. The second-order valence-corrected chi connectivity index (χ2v) is 5.47. The molecule has 1 amide bonds. The molecule has 19 heavy (non-hydrogen) atoms. The summed E-state index contributed by atoms with van der Waals surface area (Å²) >= 11 is 1.49. The number of thiazole rings is 1. The van der Waals surface area contributed by atoms with Crippen molar-refractivity contribution >= 4 is 28.3 Å². The number of carboxylic acids is 1. The number of aromatic nitrogens is 1. The van der Waals surface area contributed by atoms with Gasteiger partial charge in [-0.1, -0.05) is 0 Å². The fourth-order valence-electron chi connectivity index (χ4n) is 2.11. The summed E-state index contributed by atoms with van der Waals surface area (Å²) < 4.78 is 0. The van der Waals surface area contributed by atoms with Gasteiger partial charge in [-0.15, -0.1) is 11.3 Å². The fourth-order valence-corrected chi connectivity index (χ4v) is 3.18. The zero-order valence-electron chi connectivity index (χ0n) is 10.7. The number of aliphatic carboxylic acids is 1. The number of nitrogens with zero attached hydrogens (tertiary/aromatic N) is 1. The lowest BCUT2D eigenvalue weighted by molar-refractivity contribution is -0.138. The summed E-state index contributed by atoms with van der Waals surface area (Å²) in [5.41, 5.74) is 0.693. The van der Waals surface area contributed by atoms with E-state index in [1.807, 2.05) is 6.92 Å². The first-order valence-electron chi connectivity index (χ1n) is 6.34. The van der Waals surface area contributed by atoms with Gasteiger partial charge in [0, 0.05) is 24.4 Å². The number of fused-ring (bicyclic) bond motifs is 1. The number of nitrogens with one attached hydrogen (secondary N) is 2. The average Bonchev–Trinajstić information content (AvgIpc) is 2.88. The molecule has 0 radical (unpaired) electrons. The first kappa shape index (κ1) is 13.8. The van der Waals surface area contributed by atoms with Crippen molar-refractivity contribution in [3.05, 3.63) is 10.6 Å². The second-order valence-electron chi connectivity index (χ2n) is 4.39. The molecule has 0 bridgehead atoms. The Bertz CT molecular complexity index is 487. The minimum atomic E-state index is -0.807. The molecule has 1 aromatic rings. The van der Waals surface area contributed by atoms with Crippen LogP contribution in [0.5, 0.6) is 0 Å². The molecule has 1 aliphatic carbocycles.